The predicted molar refractivity (Wildman–Crippen MR) is 68.9 cm³/mol. The van der Waals surface area contributed by atoms with E-state index in [4.69, 9.17) is 4.74 Å². The Labute approximate surface area is 102 Å². The summed E-state index contributed by atoms with van der Waals surface area (Å²) in [4.78, 5) is 2.01. The van der Waals surface area contributed by atoms with Crippen LogP contribution in [0.5, 0.6) is 5.75 Å². The molecule has 0 fully saturated rings. The molecule has 5 nitrogen and oxygen atoms in total. The number of sulfonamides is 1. The van der Waals surface area contributed by atoms with Gasteiger partial charge in [0.2, 0.25) is 10.0 Å². The quantitative estimate of drug-likeness (QED) is 0.860. The zero-order valence-electron chi connectivity index (χ0n) is 10.5. The number of anilines is 1. The second-order valence-electron chi connectivity index (χ2n) is 4.15. The minimum atomic E-state index is -3.30. The predicted octanol–water partition coefficient (Wildman–Crippen LogP) is 1.13. The molecule has 1 rings (SSSR count). The van der Waals surface area contributed by atoms with Gasteiger partial charge in [-0.15, -0.1) is 0 Å². The number of nitrogens with one attached hydrogen (secondary N) is 1. The molecule has 1 aromatic carbocycles. The highest BCUT2D eigenvalue weighted by Gasteiger charge is 2.09. The fraction of sp³-hybridized carbons (Fsp3) is 0.455. The van der Waals surface area contributed by atoms with E-state index in [0.29, 0.717) is 11.4 Å². The average Bonchev–Trinajstić information content (AvgIpc) is 2.14. The first kappa shape index (κ1) is 13.8. The van der Waals surface area contributed by atoms with Gasteiger partial charge in [-0.25, -0.2) is 8.42 Å². The molecular weight excluding hydrogens is 240 g/mol. The molecule has 0 amide bonds. The summed E-state index contributed by atoms with van der Waals surface area (Å²) in [5, 5.41) is 0. The second kappa shape index (κ2) is 5.37. The zero-order chi connectivity index (χ0) is 13.1. The first-order chi connectivity index (χ1) is 7.81. The molecule has 0 saturated heterocycles. The van der Waals surface area contributed by atoms with E-state index in [1.165, 1.54) is 7.11 Å². The molecule has 0 aliphatic heterocycles. The maximum atomic E-state index is 11.2. The monoisotopic (exact) mass is 258 g/mol. The van der Waals surface area contributed by atoms with Gasteiger partial charge in [-0.05, 0) is 31.8 Å². The van der Waals surface area contributed by atoms with Gasteiger partial charge >= 0.3 is 0 Å². The van der Waals surface area contributed by atoms with Crippen molar-refractivity contribution in [3.05, 3.63) is 23.8 Å². The lowest BCUT2D eigenvalue weighted by atomic mass is 10.2. The number of hydrogen-bond acceptors (Lipinski definition) is 4. The van der Waals surface area contributed by atoms with Crippen molar-refractivity contribution in [3.8, 4) is 5.75 Å². The van der Waals surface area contributed by atoms with Crippen LogP contribution in [0.1, 0.15) is 5.56 Å². The lowest BCUT2D eigenvalue weighted by Gasteiger charge is -2.14. The standard InChI is InChI=1S/C11H18N2O3S/c1-13(2)8-9-5-6-11(16-3)10(7-9)12-17(4,14)15/h5-7,12H,8H2,1-4H3. The van der Waals surface area contributed by atoms with Crippen molar-refractivity contribution in [2.75, 3.05) is 32.2 Å². The molecule has 17 heavy (non-hydrogen) atoms. The van der Waals surface area contributed by atoms with Crippen LogP contribution in [0.15, 0.2) is 18.2 Å². The van der Waals surface area contributed by atoms with Gasteiger partial charge < -0.3 is 9.64 Å². The van der Waals surface area contributed by atoms with Crippen molar-refractivity contribution < 1.29 is 13.2 Å². The maximum Gasteiger partial charge on any atom is 0.229 e. The summed E-state index contributed by atoms with van der Waals surface area (Å²) in [5.74, 6) is 0.512. The topological polar surface area (TPSA) is 58.6 Å². The van der Waals surface area contributed by atoms with Crippen molar-refractivity contribution in [2.45, 2.75) is 6.54 Å². The van der Waals surface area contributed by atoms with E-state index in [1.807, 2.05) is 25.1 Å². The summed E-state index contributed by atoms with van der Waals surface area (Å²) >= 11 is 0. The minimum absolute atomic E-state index is 0.467. The largest absolute Gasteiger partial charge is 0.495 e. The molecule has 1 aromatic rings. The van der Waals surface area contributed by atoms with Crippen molar-refractivity contribution in [1.29, 1.82) is 0 Å². The molecule has 0 unspecified atom stereocenters. The van der Waals surface area contributed by atoms with Crippen molar-refractivity contribution in [3.63, 3.8) is 0 Å². The van der Waals surface area contributed by atoms with E-state index >= 15 is 0 Å². The molecule has 0 heterocycles. The van der Waals surface area contributed by atoms with Crippen molar-refractivity contribution in [2.24, 2.45) is 0 Å². The Kier molecular flexibility index (Phi) is 4.36. The van der Waals surface area contributed by atoms with E-state index in [9.17, 15) is 8.42 Å². The van der Waals surface area contributed by atoms with Gasteiger partial charge in [-0.3, -0.25) is 4.72 Å². The van der Waals surface area contributed by atoms with Crippen LogP contribution in [0, 0.1) is 0 Å². The van der Waals surface area contributed by atoms with Gasteiger partial charge in [-0.2, -0.15) is 0 Å². The van der Waals surface area contributed by atoms with E-state index < -0.39 is 10.0 Å². The third kappa shape index (κ3) is 4.62. The lowest BCUT2D eigenvalue weighted by molar-refractivity contribution is 0.400. The van der Waals surface area contributed by atoms with Crippen LogP contribution in [0.25, 0.3) is 0 Å². The van der Waals surface area contributed by atoms with Gasteiger partial charge in [0, 0.05) is 6.54 Å². The SMILES string of the molecule is COc1ccc(CN(C)C)cc1NS(C)(=O)=O. The van der Waals surface area contributed by atoms with Crippen LogP contribution in [-0.4, -0.2) is 40.8 Å². The molecular formula is C11H18N2O3S. The summed E-state index contributed by atoms with van der Waals surface area (Å²) in [6, 6.07) is 5.44. The van der Waals surface area contributed by atoms with Crippen molar-refractivity contribution in [1.82, 2.24) is 4.90 Å². The Bertz CT molecular complexity index is 483. The molecule has 0 aromatic heterocycles. The normalized spacial score (nSPS) is 11.6. The van der Waals surface area contributed by atoms with E-state index in [0.717, 1.165) is 18.4 Å². The Morgan fingerprint density at radius 2 is 2.00 bits per heavy atom. The Morgan fingerprint density at radius 1 is 1.35 bits per heavy atom. The fourth-order valence-electron chi connectivity index (χ4n) is 1.50. The van der Waals surface area contributed by atoms with Gasteiger partial charge in [0.1, 0.15) is 5.75 Å². The highest BCUT2D eigenvalue weighted by Crippen LogP contribution is 2.26. The molecule has 0 radical (unpaired) electrons. The summed E-state index contributed by atoms with van der Waals surface area (Å²) in [5.41, 5.74) is 1.48. The molecule has 0 aliphatic rings. The van der Waals surface area contributed by atoms with E-state index in [1.54, 1.807) is 12.1 Å². The number of benzene rings is 1. The van der Waals surface area contributed by atoms with Crippen LogP contribution in [-0.2, 0) is 16.6 Å². The molecule has 0 bridgehead atoms. The summed E-state index contributed by atoms with van der Waals surface area (Å²) in [6.45, 7) is 0.739. The zero-order valence-corrected chi connectivity index (χ0v) is 11.3. The van der Waals surface area contributed by atoms with E-state index in [2.05, 4.69) is 4.72 Å². The first-order valence-corrected chi connectivity index (χ1v) is 7.00. The third-order valence-corrected chi connectivity index (χ3v) is 2.65. The first-order valence-electron chi connectivity index (χ1n) is 5.11. The fourth-order valence-corrected chi connectivity index (χ4v) is 2.06. The van der Waals surface area contributed by atoms with Gasteiger partial charge in [0.05, 0.1) is 19.1 Å². The molecule has 0 spiro atoms. The van der Waals surface area contributed by atoms with Crippen LogP contribution in [0.4, 0.5) is 5.69 Å². The lowest BCUT2D eigenvalue weighted by Crippen LogP contribution is -2.13. The molecule has 0 atom stereocenters. The molecule has 0 saturated carbocycles. The summed E-state index contributed by atoms with van der Waals surface area (Å²) in [6.07, 6.45) is 1.12. The number of rotatable bonds is 5. The van der Waals surface area contributed by atoms with Crippen LogP contribution >= 0.6 is 0 Å². The number of hydrogen-bond donors (Lipinski definition) is 1. The smallest absolute Gasteiger partial charge is 0.229 e. The van der Waals surface area contributed by atoms with Crippen LogP contribution < -0.4 is 9.46 Å². The Hall–Kier alpha value is -1.27. The van der Waals surface area contributed by atoms with Crippen LogP contribution in [0.3, 0.4) is 0 Å². The molecule has 6 heteroatoms. The summed E-state index contributed by atoms with van der Waals surface area (Å²) in [7, 11) is 2.11. The van der Waals surface area contributed by atoms with E-state index in [-0.39, 0.29) is 0 Å². The van der Waals surface area contributed by atoms with Gasteiger partial charge in [-0.1, -0.05) is 6.07 Å². The van der Waals surface area contributed by atoms with Gasteiger partial charge in [0.25, 0.3) is 0 Å². The highest BCUT2D eigenvalue weighted by atomic mass is 32.2. The Morgan fingerprint density at radius 3 is 2.47 bits per heavy atom. The van der Waals surface area contributed by atoms with Crippen LogP contribution in [0.2, 0.25) is 0 Å². The average molecular weight is 258 g/mol. The number of methoxy groups -OCH3 is 1. The highest BCUT2D eigenvalue weighted by molar-refractivity contribution is 7.92. The number of ether oxygens (including phenoxy) is 1. The summed E-state index contributed by atoms with van der Waals surface area (Å²) < 4.78 is 30.0. The van der Waals surface area contributed by atoms with Gasteiger partial charge in [0.15, 0.2) is 0 Å². The number of nitrogens with zero attached hydrogens (tertiary/aromatic N) is 1. The molecule has 96 valence electrons. The molecule has 1 N–H and O–H groups in total. The van der Waals surface area contributed by atoms with Crippen molar-refractivity contribution >= 4 is 15.7 Å². The maximum absolute atomic E-state index is 11.2. The minimum Gasteiger partial charge on any atom is -0.495 e. The molecule has 0 aliphatic carbocycles. The Balaban J connectivity index is 3.06. The second-order valence-corrected chi connectivity index (χ2v) is 5.90. The third-order valence-electron chi connectivity index (χ3n) is 2.06.